The van der Waals surface area contributed by atoms with Crippen molar-refractivity contribution in [3.63, 3.8) is 0 Å². The van der Waals surface area contributed by atoms with Crippen molar-refractivity contribution < 1.29 is 14.0 Å². The lowest BCUT2D eigenvalue weighted by atomic mass is 10.1. The average molecular weight is 428 g/mol. The molecule has 1 aromatic carbocycles. The fourth-order valence-electron chi connectivity index (χ4n) is 2.60. The Morgan fingerprint density at radius 3 is 2.88 bits per heavy atom. The van der Waals surface area contributed by atoms with Crippen molar-refractivity contribution in [3.05, 3.63) is 44.7 Å². The third-order valence-corrected chi connectivity index (χ3v) is 5.29. The van der Waals surface area contributed by atoms with E-state index in [-0.39, 0.29) is 0 Å². The smallest absolute Gasteiger partial charge is 0.217 e. The second-order valence-corrected chi connectivity index (χ2v) is 7.04. The molecule has 0 saturated heterocycles. The molecule has 0 spiro atoms. The molecule has 0 radical (unpaired) electrons. The van der Waals surface area contributed by atoms with Gasteiger partial charge in [0.1, 0.15) is 18.1 Å². The Labute approximate surface area is 160 Å². The number of rotatable bonds is 8. The molecular weight excluding hydrogens is 408 g/mol. The largest absolute Gasteiger partial charge is 0.492 e. The van der Waals surface area contributed by atoms with Gasteiger partial charge in [0.15, 0.2) is 0 Å². The van der Waals surface area contributed by atoms with Crippen LogP contribution in [0.1, 0.15) is 36.3 Å². The van der Waals surface area contributed by atoms with Crippen LogP contribution in [0.2, 0.25) is 5.02 Å². The molecule has 0 fully saturated rings. The van der Waals surface area contributed by atoms with Crippen LogP contribution in [-0.2, 0) is 11.2 Å². The Kier molecular flexibility index (Phi) is 6.37. The fraction of sp³-hybridized carbons (Fsp3) is 0.444. The van der Waals surface area contributed by atoms with E-state index in [2.05, 4.69) is 26.1 Å². The molecule has 2 aromatic rings. The van der Waals surface area contributed by atoms with E-state index in [1.54, 1.807) is 0 Å². The first-order chi connectivity index (χ1) is 12.1. The summed E-state index contributed by atoms with van der Waals surface area (Å²) >= 11 is 9.91. The zero-order chi connectivity index (χ0) is 17.6. The molecule has 0 bridgehead atoms. The number of ether oxygens (including phenoxy) is 2. The predicted molar refractivity (Wildman–Crippen MR) is 101 cm³/mol. The van der Waals surface area contributed by atoms with Crippen molar-refractivity contribution in [2.24, 2.45) is 4.99 Å². The highest BCUT2D eigenvalue weighted by Gasteiger charge is 2.18. The molecule has 5 nitrogen and oxygen atoms in total. The van der Waals surface area contributed by atoms with Gasteiger partial charge >= 0.3 is 0 Å². The number of benzene rings is 1. The van der Waals surface area contributed by atoms with Crippen molar-refractivity contribution in [2.75, 3.05) is 19.8 Å². The first-order valence-electron chi connectivity index (χ1n) is 8.36. The normalized spacial score (nSPS) is 13.6. The number of hydrogen-bond donors (Lipinski definition) is 0. The van der Waals surface area contributed by atoms with Crippen LogP contribution in [0, 0.1) is 6.92 Å². The SMILES string of the molecule is Cc1cc(CCCCCOc2ccc(C3=NCCO3)c(Br)c2Cl)on1. The van der Waals surface area contributed by atoms with Crippen LogP contribution in [0.5, 0.6) is 5.75 Å². The van der Waals surface area contributed by atoms with E-state index in [1.807, 2.05) is 25.1 Å². The second kappa shape index (κ2) is 8.72. The topological polar surface area (TPSA) is 56.9 Å². The standard InChI is InChI=1S/C18H20BrClN2O3/c1-12-11-13(25-22-12)5-3-2-4-9-23-15-7-6-14(16(19)17(15)20)18-21-8-10-24-18/h6-7,11H,2-5,8-10H2,1H3. The van der Waals surface area contributed by atoms with E-state index in [0.29, 0.717) is 36.4 Å². The van der Waals surface area contributed by atoms with Crippen LogP contribution in [0.25, 0.3) is 0 Å². The summed E-state index contributed by atoms with van der Waals surface area (Å²) in [6.07, 6.45) is 3.97. The third-order valence-electron chi connectivity index (χ3n) is 3.86. The van der Waals surface area contributed by atoms with Crippen molar-refractivity contribution in [2.45, 2.75) is 32.6 Å². The van der Waals surface area contributed by atoms with Crippen LogP contribution in [0.4, 0.5) is 0 Å². The molecule has 1 aliphatic rings. The van der Waals surface area contributed by atoms with Gasteiger partial charge in [0.2, 0.25) is 5.90 Å². The summed E-state index contributed by atoms with van der Waals surface area (Å²) in [4.78, 5) is 4.31. The van der Waals surface area contributed by atoms with Gasteiger partial charge in [-0.1, -0.05) is 16.8 Å². The van der Waals surface area contributed by atoms with Crippen LogP contribution < -0.4 is 4.74 Å². The second-order valence-electron chi connectivity index (χ2n) is 5.87. The highest BCUT2D eigenvalue weighted by molar-refractivity contribution is 9.10. The van der Waals surface area contributed by atoms with Crippen molar-refractivity contribution in [1.82, 2.24) is 5.16 Å². The summed E-state index contributed by atoms with van der Waals surface area (Å²) in [6, 6.07) is 5.76. The number of aromatic nitrogens is 1. The number of unbranched alkanes of at least 4 members (excludes halogenated alkanes) is 2. The Balaban J connectivity index is 1.44. The molecule has 0 atom stereocenters. The minimum atomic E-state index is 0.549. The van der Waals surface area contributed by atoms with Gasteiger partial charge in [0, 0.05) is 12.5 Å². The number of aliphatic imine (C=N–C) groups is 1. The van der Waals surface area contributed by atoms with E-state index in [4.69, 9.17) is 25.6 Å². The Morgan fingerprint density at radius 2 is 2.16 bits per heavy atom. The Bertz CT molecular complexity index is 761. The number of nitrogens with zero attached hydrogens (tertiary/aromatic N) is 2. The van der Waals surface area contributed by atoms with Gasteiger partial charge < -0.3 is 14.0 Å². The van der Waals surface area contributed by atoms with Gasteiger partial charge in [0.25, 0.3) is 0 Å². The van der Waals surface area contributed by atoms with Gasteiger partial charge in [-0.3, -0.25) is 0 Å². The molecule has 25 heavy (non-hydrogen) atoms. The molecule has 1 aromatic heterocycles. The maximum absolute atomic E-state index is 6.40. The lowest BCUT2D eigenvalue weighted by Gasteiger charge is -2.12. The molecular formula is C18H20BrClN2O3. The van der Waals surface area contributed by atoms with E-state index in [1.165, 1.54) is 0 Å². The highest BCUT2D eigenvalue weighted by Crippen LogP contribution is 2.36. The van der Waals surface area contributed by atoms with Crippen LogP contribution >= 0.6 is 27.5 Å². The number of hydrogen-bond acceptors (Lipinski definition) is 5. The summed E-state index contributed by atoms with van der Waals surface area (Å²) in [5.41, 5.74) is 1.79. The first kappa shape index (κ1) is 18.3. The quantitative estimate of drug-likeness (QED) is 0.558. The molecule has 3 rings (SSSR count). The van der Waals surface area contributed by atoms with Crippen molar-refractivity contribution in [3.8, 4) is 5.75 Å². The summed E-state index contributed by atoms with van der Waals surface area (Å²) in [5, 5.41) is 4.44. The van der Waals surface area contributed by atoms with Crippen LogP contribution in [0.3, 0.4) is 0 Å². The van der Waals surface area contributed by atoms with Gasteiger partial charge in [-0.05, 0) is 54.2 Å². The van der Waals surface area contributed by atoms with E-state index in [9.17, 15) is 0 Å². The maximum Gasteiger partial charge on any atom is 0.217 e. The predicted octanol–water partition coefficient (Wildman–Crippen LogP) is 4.97. The molecule has 0 N–H and O–H groups in total. The summed E-state index contributed by atoms with van der Waals surface area (Å²) < 4.78 is 17.3. The number of halogens is 2. The molecule has 0 amide bonds. The molecule has 2 heterocycles. The zero-order valence-electron chi connectivity index (χ0n) is 14.1. The fourth-order valence-corrected chi connectivity index (χ4v) is 3.32. The molecule has 0 saturated carbocycles. The minimum absolute atomic E-state index is 0.549. The Morgan fingerprint density at radius 1 is 1.28 bits per heavy atom. The maximum atomic E-state index is 6.40. The van der Waals surface area contributed by atoms with Gasteiger partial charge in [-0.2, -0.15) is 0 Å². The van der Waals surface area contributed by atoms with Gasteiger partial charge in [-0.25, -0.2) is 4.99 Å². The molecule has 134 valence electrons. The van der Waals surface area contributed by atoms with Crippen LogP contribution in [0.15, 0.2) is 32.2 Å². The molecule has 1 aliphatic heterocycles. The van der Waals surface area contributed by atoms with Crippen molar-refractivity contribution >= 4 is 33.4 Å². The van der Waals surface area contributed by atoms with Gasteiger partial charge in [-0.15, -0.1) is 0 Å². The van der Waals surface area contributed by atoms with E-state index >= 15 is 0 Å². The number of aryl methyl sites for hydroxylation is 2. The van der Waals surface area contributed by atoms with E-state index in [0.717, 1.165) is 47.2 Å². The summed E-state index contributed by atoms with van der Waals surface area (Å²) in [6.45, 7) is 3.86. The Hall–Kier alpha value is -1.53. The molecule has 7 heteroatoms. The first-order valence-corrected chi connectivity index (χ1v) is 9.53. The molecule has 0 unspecified atom stereocenters. The third kappa shape index (κ3) is 4.76. The van der Waals surface area contributed by atoms with Crippen LogP contribution in [-0.4, -0.2) is 30.8 Å². The molecule has 0 aliphatic carbocycles. The summed E-state index contributed by atoms with van der Waals surface area (Å²) in [5.74, 6) is 2.24. The summed E-state index contributed by atoms with van der Waals surface area (Å²) in [7, 11) is 0. The monoisotopic (exact) mass is 426 g/mol. The lowest BCUT2D eigenvalue weighted by molar-refractivity contribution is 0.303. The van der Waals surface area contributed by atoms with Gasteiger partial charge in [0.05, 0.1) is 33.9 Å². The lowest BCUT2D eigenvalue weighted by Crippen LogP contribution is -2.04. The zero-order valence-corrected chi connectivity index (χ0v) is 16.4. The minimum Gasteiger partial charge on any atom is -0.492 e. The highest BCUT2D eigenvalue weighted by atomic mass is 79.9. The van der Waals surface area contributed by atoms with Crippen molar-refractivity contribution in [1.29, 1.82) is 0 Å². The van der Waals surface area contributed by atoms with E-state index < -0.39 is 0 Å². The average Bonchev–Trinajstić information content (AvgIpc) is 3.26.